The van der Waals surface area contributed by atoms with Gasteiger partial charge in [-0.1, -0.05) is 0 Å². The second-order valence-electron chi connectivity index (χ2n) is 3.45. The molecule has 1 unspecified atom stereocenters. The molecule has 1 saturated heterocycles. The van der Waals surface area contributed by atoms with Crippen molar-refractivity contribution in [2.24, 2.45) is 16.8 Å². The van der Waals surface area contributed by atoms with Crippen molar-refractivity contribution in [1.29, 1.82) is 0 Å². The molecule has 1 rings (SSSR count). The van der Waals surface area contributed by atoms with Gasteiger partial charge in [0.15, 0.2) is 0 Å². The Kier molecular flexibility index (Phi) is 4.78. The number of nitrogens with one attached hydrogen (secondary N) is 1. The first-order valence-corrected chi connectivity index (χ1v) is 4.90. The number of amides is 1. The van der Waals surface area contributed by atoms with Crippen molar-refractivity contribution in [3.05, 3.63) is 0 Å². The van der Waals surface area contributed by atoms with Crippen LogP contribution in [0.25, 0.3) is 0 Å². The van der Waals surface area contributed by atoms with Gasteiger partial charge in [0.2, 0.25) is 11.9 Å². The van der Waals surface area contributed by atoms with Gasteiger partial charge in [-0.2, -0.15) is 4.99 Å². The summed E-state index contributed by atoms with van der Waals surface area (Å²) in [7, 11) is 0. The topological polar surface area (TPSA) is 111 Å². The quantitative estimate of drug-likeness (QED) is 0.154. The summed E-state index contributed by atoms with van der Waals surface area (Å²) in [6, 6.07) is -0.995. The van der Waals surface area contributed by atoms with Gasteiger partial charge in [0.1, 0.15) is 6.04 Å². The molecule has 1 aliphatic heterocycles. The van der Waals surface area contributed by atoms with Crippen LogP contribution in [0.5, 0.6) is 0 Å². The first-order chi connectivity index (χ1) is 7.70. The molecule has 1 heterocycles. The van der Waals surface area contributed by atoms with Crippen molar-refractivity contribution in [2.75, 3.05) is 13.2 Å². The van der Waals surface area contributed by atoms with Gasteiger partial charge in [-0.25, -0.2) is 10.6 Å². The van der Waals surface area contributed by atoms with Gasteiger partial charge in [-0.3, -0.25) is 15.0 Å². The van der Waals surface area contributed by atoms with E-state index in [0.29, 0.717) is 26.1 Å². The Labute approximate surface area is 92.0 Å². The highest BCUT2D eigenvalue weighted by Gasteiger charge is 2.33. The lowest BCUT2D eigenvalue weighted by molar-refractivity contribution is -0.139. The molecule has 1 fully saturated rings. The van der Waals surface area contributed by atoms with Crippen LogP contribution in [-0.2, 0) is 19.1 Å². The van der Waals surface area contributed by atoms with Crippen LogP contribution < -0.4 is 11.3 Å². The van der Waals surface area contributed by atoms with Crippen LogP contribution in [0.2, 0.25) is 0 Å². The molecule has 0 aliphatic carbocycles. The van der Waals surface area contributed by atoms with Gasteiger partial charge >= 0.3 is 5.91 Å². The molecule has 16 heavy (non-hydrogen) atoms. The minimum atomic E-state index is -0.995. The number of carbonyl (C=O) groups is 2. The molecule has 1 aliphatic rings. The molecule has 1 atom stereocenters. The number of nitrogens with zero attached hydrogens (tertiary/aromatic N) is 1. The lowest BCUT2D eigenvalue weighted by atomic mass is 9.89. The highest BCUT2D eigenvalue weighted by molar-refractivity contribution is 6.38. The molecule has 0 radical (unpaired) electrons. The number of hydrazine groups is 1. The van der Waals surface area contributed by atoms with E-state index in [1.165, 1.54) is 6.08 Å². The molecular formula is C9H13N3O4. The summed E-state index contributed by atoms with van der Waals surface area (Å²) in [4.78, 5) is 36.2. The maximum absolute atomic E-state index is 11.6. The van der Waals surface area contributed by atoms with Crippen molar-refractivity contribution >= 4 is 17.8 Å². The summed E-state index contributed by atoms with van der Waals surface area (Å²) < 4.78 is 5.12. The van der Waals surface area contributed by atoms with Crippen LogP contribution in [-0.4, -0.2) is 37.0 Å². The third kappa shape index (κ3) is 2.96. The first-order valence-electron chi connectivity index (χ1n) is 4.90. The molecule has 3 N–H and O–H groups in total. The molecule has 0 aromatic carbocycles. The summed E-state index contributed by atoms with van der Waals surface area (Å²) in [5.41, 5.74) is 1.73. The van der Waals surface area contributed by atoms with E-state index in [-0.39, 0.29) is 5.92 Å². The van der Waals surface area contributed by atoms with E-state index in [2.05, 4.69) is 4.99 Å². The zero-order chi connectivity index (χ0) is 12.0. The normalized spacial score (nSPS) is 18.3. The van der Waals surface area contributed by atoms with Gasteiger partial charge in [0.25, 0.3) is 0 Å². The molecule has 88 valence electrons. The Balaban J connectivity index is 2.76. The minimum Gasteiger partial charge on any atom is -0.381 e. The van der Waals surface area contributed by atoms with Crippen molar-refractivity contribution in [3.63, 3.8) is 0 Å². The van der Waals surface area contributed by atoms with Crippen LogP contribution >= 0.6 is 0 Å². The second kappa shape index (κ2) is 6.12. The number of rotatable bonds is 4. The molecule has 0 bridgehead atoms. The van der Waals surface area contributed by atoms with Crippen molar-refractivity contribution in [1.82, 2.24) is 5.43 Å². The predicted octanol–water partition coefficient (Wildman–Crippen LogP) is -1.32. The molecule has 1 amide bonds. The maximum Gasteiger partial charge on any atom is 0.303 e. The number of isocyanates is 1. The largest absolute Gasteiger partial charge is 0.381 e. The van der Waals surface area contributed by atoms with E-state index < -0.39 is 17.7 Å². The SMILES string of the molecule is NNC(=O)C(=O)C(N=C=O)C1CCOCC1. The fourth-order valence-electron chi connectivity index (χ4n) is 1.67. The molecule has 7 heteroatoms. The number of hydrogen-bond donors (Lipinski definition) is 2. The van der Waals surface area contributed by atoms with E-state index in [9.17, 15) is 14.4 Å². The number of ketones is 1. The Hall–Kier alpha value is -1.56. The monoisotopic (exact) mass is 227 g/mol. The minimum absolute atomic E-state index is 0.167. The lowest BCUT2D eigenvalue weighted by Crippen LogP contribution is -2.44. The summed E-state index contributed by atoms with van der Waals surface area (Å²) in [5, 5.41) is 0. The lowest BCUT2D eigenvalue weighted by Gasteiger charge is -2.25. The predicted molar refractivity (Wildman–Crippen MR) is 52.8 cm³/mol. The fraction of sp³-hybridized carbons (Fsp3) is 0.667. The summed E-state index contributed by atoms with van der Waals surface area (Å²) >= 11 is 0. The number of ether oxygens (including phenoxy) is 1. The van der Waals surface area contributed by atoms with Crippen LogP contribution in [0, 0.1) is 5.92 Å². The standard InChI is InChI=1S/C9H13N3O4/c10-12-9(15)8(14)7(11-5-13)6-1-3-16-4-2-6/h6-7H,1-4,10H2,(H,12,15). The smallest absolute Gasteiger partial charge is 0.303 e. The maximum atomic E-state index is 11.6. The zero-order valence-corrected chi connectivity index (χ0v) is 8.64. The van der Waals surface area contributed by atoms with E-state index in [4.69, 9.17) is 10.6 Å². The third-order valence-electron chi connectivity index (χ3n) is 2.53. The average molecular weight is 227 g/mol. The van der Waals surface area contributed by atoms with Crippen molar-refractivity contribution < 1.29 is 19.1 Å². The number of aliphatic imine (C=N–C) groups is 1. The Morgan fingerprint density at radius 2 is 2.06 bits per heavy atom. The molecular weight excluding hydrogens is 214 g/mol. The molecule has 7 nitrogen and oxygen atoms in total. The molecule has 0 saturated carbocycles. The average Bonchev–Trinajstić information content (AvgIpc) is 2.35. The van der Waals surface area contributed by atoms with Gasteiger partial charge in [-0.15, -0.1) is 0 Å². The van der Waals surface area contributed by atoms with E-state index in [1.807, 2.05) is 0 Å². The third-order valence-corrected chi connectivity index (χ3v) is 2.53. The highest BCUT2D eigenvalue weighted by atomic mass is 16.5. The zero-order valence-electron chi connectivity index (χ0n) is 8.64. The molecule has 0 spiro atoms. The van der Waals surface area contributed by atoms with Crippen LogP contribution in [0.1, 0.15) is 12.8 Å². The van der Waals surface area contributed by atoms with Crippen LogP contribution in [0.3, 0.4) is 0 Å². The second-order valence-corrected chi connectivity index (χ2v) is 3.45. The number of carbonyl (C=O) groups excluding carboxylic acids is 3. The van der Waals surface area contributed by atoms with Gasteiger partial charge in [0, 0.05) is 13.2 Å². The van der Waals surface area contributed by atoms with Gasteiger partial charge in [0.05, 0.1) is 0 Å². The first kappa shape index (κ1) is 12.5. The van der Waals surface area contributed by atoms with Gasteiger partial charge < -0.3 is 4.74 Å². The summed E-state index contributed by atoms with van der Waals surface area (Å²) in [6.07, 6.45) is 2.48. The van der Waals surface area contributed by atoms with E-state index in [0.717, 1.165) is 0 Å². The van der Waals surface area contributed by atoms with Gasteiger partial charge in [-0.05, 0) is 18.8 Å². The van der Waals surface area contributed by atoms with E-state index >= 15 is 0 Å². The van der Waals surface area contributed by atoms with Crippen LogP contribution in [0.15, 0.2) is 4.99 Å². The number of hydrogen-bond acceptors (Lipinski definition) is 6. The summed E-state index contributed by atoms with van der Waals surface area (Å²) in [6.45, 7) is 0.986. The summed E-state index contributed by atoms with van der Waals surface area (Å²) in [5.74, 6) is 2.93. The Bertz CT molecular complexity index is 319. The highest BCUT2D eigenvalue weighted by Crippen LogP contribution is 2.21. The molecule has 0 aromatic rings. The fourth-order valence-corrected chi connectivity index (χ4v) is 1.67. The van der Waals surface area contributed by atoms with Crippen molar-refractivity contribution in [3.8, 4) is 0 Å². The Morgan fingerprint density at radius 3 is 2.56 bits per heavy atom. The van der Waals surface area contributed by atoms with Crippen LogP contribution in [0.4, 0.5) is 0 Å². The number of Topliss-reactive ketones (excluding diaryl/α,β-unsaturated/α-hetero) is 1. The number of nitrogens with two attached hydrogens (primary N) is 1. The van der Waals surface area contributed by atoms with E-state index in [1.54, 1.807) is 5.43 Å². The Morgan fingerprint density at radius 1 is 1.44 bits per heavy atom. The van der Waals surface area contributed by atoms with Crippen molar-refractivity contribution in [2.45, 2.75) is 18.9 Å². The molecule has 0 aromatic heterocycles.